The molecule has 0 saturated carbocycles. The molecule has 6 nitrogen and oxygen atoms in total. The number of nitrogens with zero attached hydrogens (tertiary/aromatic N) is 2. The monoisotopic (exact) mass is 403 g/mol. The van der Waals surface area contributed by atoms with E-state index in [1.54, 1.807) is 20.3 Å². The van der Waals surface area contributed by atoms with Gasteiger partial charge in [-0.25, -0.2) is 0 Å². The van der Waals surface area contributed by atoms with Crippen molar-refractivity contribution in [1.29, 1.82) is 0 Å². The summed E-state index contributed by atoms with van der Waals surface area (Å²) in [6, 6.07) is 14.1. The zero-order valence-electron chi connectivity index (χ0n) is 17.2. The van der Waals surface area contributed by atoms with Crippen LogP contribution in [0.3, 0.4) is 0 Å². The van der Waals surface area contributed by atoms with Crippen LogP contribution in [0, 0.1) is 0 Å². The number of methoxy groups -OCH3 is 2. The van der Waals surface area contributed by atoms with Gasteiger partial charge in [-0.3, -0.25) is 9.69 Å². The van der Waals surface area contributed by atoms with Crippen LogP contribution in [0.2, 0.25) is 0 Å². The van der Waals surface area contributed by atoms with Crippen molar-refractivity contribution in [3.8, 4) is 11.5 Å². The largest absolute Gasteiger partial charge is 0.493 e. The summed E-state index contributed by atoms with van der Waals surface area (Å²) in [5.74, 6) is 1.54. The molecule has 2 aliphatic heterocycles. The van der Waals surface area contributed by atoms with Crippen LogP contribution < -0.4 is 9.47 Å². The minimum absolute atomic E-state index is 0.0790. The summed E-state index contributed by atoms with van der Waals surface area (Å²) in [4.78, 5) is 21.0. The molecule has 1 saturated heterocycles. The van der Waals surface area contributed by atoms with Crippen molar-refractivity contribution < 1.29 is 14.3 Å². The first-order chi connectivity index (χ1) is 14.7. The molecule has 2 aliphatic rings. The summed E-state index contributed by atoms with van der Waals surface area (Å²) >= 11 is 0. The third-order valence-electron chi connectivity index (χ3n) is 6.25. The Bertz CT molecular complexity index is 1140. The predicted octanol–water partition coefficient (Wildman–Crippen LogP) is 3.49. The fourth-order valence-corrected chi connectivity index (χ4v) is 4.90. The average molecular weight is 403 g/mol. The SMILES string of the molecule is C=CCN1CN2[C@@H](c3ccc(OC)c(OC)c3)c3[nH]c4ccccc4c3C[C@@H]2C1=O. The minimum atomic E-state index is -0.185. The molecule has 0 bridgehead atoms. The smallest absolute Gasteiger partial charge is 0.241 e. The summed E-state index contributed by atoms with van der Waals surface area (Å²) < 4.78 is 11.0. The number of nitrogens with one attached hydrogen (secondary N) is 1. The van der Waals surface area contributed by atoms with E-state index in [1.807, 2.05) is 23.1 Å². The third kappa shape index (κ3) is 2.71. The third-order valence-corrected chi connectivity index (χ3v) is 6.25. The lowest BCUT2D eigenvalue weighted by Gasteiger charge is -2.36. The molecule has 1 aromatic heterocycles. The second-order valence-electron chi connectivity index (χ2n) is 7.80. The first kappa shape index (κ1) is 18.8. The lowest BCUT2D eigenvalue weighted by atomic mass is 9.89. The number of hydrogen-bond acceptors (Lipinski definition) is 4. The van der Waals surface area contributed by atoms with Crippen molar-refractivity contribution >= 4 is 16.8 Å². The van der Waals surface area contributed by atoms with E-state index in [0.29, 0.717) is 31.1 Å². The number of rotatable bonds is 5. The van der Waals surface area contributed by atoms with Gasteiger partial charge in [-0.1, -0.05) is 30.3 Å². The van der Waals surface area contributed by atoms with Crippen LogP contribution >= 0.6 is 0 Å². The molecule has 1 N–H and O–H groups in total. The molecular weight excluding hydrogens is 378 g/mol. The number of aromatic nitrogens is 1. The van der Waals surface area contributed by atoms with Gasteiger partial charge in [-0.15, -0.1) is 6.58 Å². The van der Waals surface area contributed by atoms with Gasteiger partial charge in [0.25, 0.3) is 0 Å². The van der Waals surface area contributed by atoms with Crippen LogP contribution in [0.15, 0.2) is 55.1 Å². The van der Waals surface area contributed by atoms with E-state index in [-0.39, 0.29) is 18.0 Å². The van der Waals surface area contributed by atoms with E-state index in [9.17, 15) is 4.79 Å². The van der Waals surface area contributed by atoms with Crippen molar-refractivity contribution in [2.24, 2.45) is 0 Å². The Balaban J connectivity index is 1.69. The number of para-hydroxylation sites is 1. The zero-order valence-corrected chi connectivity index (χ0v) is 17.2. The fourth-order valence-electron chi connectivity index (χ4n) is 4.90. The maximum absolute atomic E-state index is 13.2. The average Bonchev–Trinajstić information content (AvgIpc) is 3.29. The van der Waals surface area contributed by atoms with E-state index < -0.39 is 0 Å². The Morgan fingerprint density at radius 1 is 1.17 bits per heavy atom. The highest BCUT2D eigenvalue weighted by atomic mass is 16.5. The number of aromatic amines is 1. The molecule has 0 aliphatic carbocycles. The Morgan fingerprint density at radius 2 is 1.97 bits per heavy atom. The molecule has 3 aromatic rings. The highest BCUT2D eigenvalue weighted by Gasteiger charge is 2.47. The Morgan fingerprint density at radius 3 is 2.73 bits per heavy atom. The van der Waals surface area contributed by atoms with Crippen LogP contribution in [0.1, 0.15) is 22.9 Å². The molecule has 6 heteroatoms. The van der Waals surface area contributed by atoms with E-state index >= 15 is 0 Å². The molecule has 2 aromatic carbocycles. The minimum Gasteiger partial charge on any atom is -0.493 e. The molecule has 1 fully saturated rings. The van der Waals surface area contributed by atoms with Crippen LogP contribution in [-0.2, 0) is 11.2 Å². The zero-order chi connectivity index (χ0) is 20.8. The van der Waals surface area contributed by atoms with Gasteiger partial charge in [0.15, 0.2) is 11.5 Å². The molecule has 0 unspecified atom stereocenters. The van der Waals surface area contributed by atoms with Crippen molar-refractivity contribution in [1.82, 2.24) is 14.8 Å². The van der Waals surface area contributed by atoms with Gasteiger partial charge >= 0.3 is 0 Å². The molecule has 0 radical (unpaired) electrons. The van der Waals surface area contributed by atoms with Gasteiger partial charge < -0.3 is 19.4 Å². The molecular formula is C24H25N3O3. The predicted molar refractivity (Wildman–Crippen MR) is 116 cm³/mol. The lowest BCUT2D eigenvalue weighted by molar-refractivity contribution is -0.129. The number of H-pyrrole nitrogens is 1. The number of amides is 1. The highest BCUT2D eigenvalue weighted by Crippen LogP contribution is 2.44. The van der Waals surface area contributed by atoms with E-state index in [2.05, 4.69) is 40.7 Å². The Hall–Kier alpha value is -3.25. The van der Waals surface area contributed by atoms with Crippen LogP contribution in [0.5, 0.6) is 11.5 Å². The van der Waals surface area contributed by atoms with E-state index in [0.717, 1.165) is 16.8 Å². The summed E-state index contributed by atoms with van der Waals surface area (Å²) in [6.07, 6.45) is 2.49. The van der Waals surface area contributed by atoms with Gasteiger partial charge in [0.05, 0.1) is 33.0 Å². The summed E-state index contributed by atoms with van der Waals surface area (Å²) in [5, 5.41) is 1.19. The number of hydrogen-bond donors (Lipinski definition) is 1. The van der Waals surface area contributed by atoms with Crippen molar-refractivity contribution in [2.45, 2.75) is 18.5 Å². The van der Waals surface area contributed by atoms with Crippen molar-refractivity contribution in [3.05, 3.63) is 71.9 Å². The van der Waals surface area contributed by atoms with Gasteiger partial charge in [0.2, 0.25) is 5.91 Å². The maximum atomic E-state index is 13.2. The Kier molecular flexibility index (Phi) is 4.51. The number of fused-ring (bicyclic) bond motifs is 4. The van der Waals surface area contributed by atoms with E-state index in [4.69, 9.17) is 9.47 Å². The molecule has 3 heterocycles. The molecule has 0 spiro atoms. The highest BCUT2D eigenvalue weighted by molar-refractivity contribution is 5.89. The topological polar surface area (TPSA) is 57.8 Å². The van der Waals surface area contributed by atoms with Crippen LogP contribution in [-0.4, -0.2) is 54.2 Å². The molecule has 154 valence electrons. The van der Waals surface area contributed by atoms with Gasteiger partial charge in [0.1, 0.15) is 0 Å². The molecule has 1 amide bonds. The standard InChI is InChI=1S/C24H25N3O3/c1-4-11-26-14-27-19(24(26)28)13-17-16-7-5-6-8-18(16)25-22(17)23(27)15-9-10-20(29-2)21(12-15)30-3/h4-10,12,19,23,25H,1,11,13-14H2,2-3H3/t19-,23+/m1/s1. The lowest BCUT2D eigenvalue weighted by Crippen LogP contribution is -2.42. The van der Waals surface area contributed by atoms with Gasteiger partial charge in [0, 0.05) is 23.1 Å². The van der Waals surface area contributed by atoms with Crippen LogP contribution in [0.25, 0.3) is 10.9 Å². The Labute approximate surface area is 175 Å². The van der Waals surface area contributed by atoms with Crippen molar-refractivity contribution in [2.75, 3.05) is 27.4 Å². The molecule has 30 heavy (non-hydrogen) atoms. The first-order valence-corrected chi connectivity index (χ1v) is 10.1. The second kappa shape index (κ2) is 7.22. The van der Waals surface area contributed by atoms with Gasteiger partial charge in [-0.2, -0.15) is 0 Å². The summed E-state index contributed by atoms with van der Waals surface area (Å²) in [6.45, 7) is 4.94. The molecule has 2 atom stereocenters. The second-order valence-corrected chi connectivity index (χ2v) is 7.80. The van der Waals surface area contributed by atoms with E-state index in [1.165, 1.54) is 10.9 Å². The van der Waals surface area contributed by atoms with Crippen LogP contribution in [0.4, 0.5) is 0 Å². The summed E-state index contributed by atoms with van der Waals surface area (Å²) in [7, 11) is 3.28. The number of benzene rings is 2. The fraction of sp³-hybridized carbons (Fsp3) is 0.292. The number of ether oxygens (including phenoxy) is 2. The van der Waals surface area contributed by atoms with Crippen molar-refractivity contribution in [3.63, 3.8) is 0 Å². The quantitative estimate of drug-likeness (QED) is 0.663. The number of carbonyl (C=O) groups is 1. The maximum Gasteiger partial charge on any atom is 0.241 e. The number of carbonyl (C=O) groups excluding carboxylic acids is 1. The summed E-state index contributed by atoms with van der Waals surface area (Å²) in [5.41, 5.74) is 4.54. The normalized spacial score (nSPS) is 20.9. The van der Waals surface area contributed by atoms with Gasteiger partial charge in [-0.05, 0) is 35.7 Å². The molecule has 5 rings (SSSR count). The first-order valence-electron chi connectivity index (χ1n) is 10.1.